The van der Waals surface area contributed by atoms with Crippen LogP contribution in [0.3, 0.4) is 0 Å². The Morgan fingerprint density at radius 1 is 1.00 bits per heavy atom. The van der Waals surface area contributed by atoms with Gasteiger partial charge in [-0.15, -0.1) is 0 Å². The van der Waals surface area contributed by atoms with Crippen LogP contribution in [0.5, 0.6) is 17.2 Å². The molecule has 0 saturated carbocycles. The highest BCUT2D eigenvalue weighted by molar-refractivity contribution is 6.31. The van der Waals surface area contributed by atoms with Crippen LogP contribution in [0.1, 0.15) is 12.8 Å². The Bertz CT molecular complexity index is 1450. The van der Waals surface area contributed by atoms with Crippen molar-refractivity contribution in [2.75, 3.05) is 32.7 Å². The Hall–Kier alpha value is -4.04. The lowest BCUT2D eigenvalue weighted by atomic mass is 10.0. The number of benzene rings is 3. The van der Waals surface area contributed by atoms with E-state index in [0.717, 1.165) is 33.4 Å². The molecule has 1 saturated heterocycles. The quantitative estimate of drug-likeness (QED) is 0.351. The third-order valence-corrected chi connectivity index (χ3v) is 6.73. The predicted octanol–water partition coefficient (Wildman–Crippen LogP) is 5.39. The first kappa shape index (κ1) is 24.6. The average Bonchev–Trinajstić information content (AvgIpc) is 2.93. The minimum Gasteiger partial charge on any atom is -0.497 e. The van der Waals surface area contributed by atoms with Gasteiger partial charge >= 0.3 is 0 Å². The van der Waals surface area contributed by atoms with Gasteiger partial charge in [0.2, 0.25) is 5.91 Å². The molecule has 1 N–H and O–H groups in total. The highest BCUT2D eigenvalue weighted by Gasteiger charge is 2.21. The second-order valence-corrected chi connectivity index (χ2v) is 9.22. The summed E-state index contributed by atoms with van der Waals surface area (Å²) in [6.45, 7) is 0.481. The summed E-state index contributed by atoms with van der Waals surface area (Å²) in [7, 11) is 5.22. The molecule has 1 aromatic heterocycles. The van der Waals surface area contributed by atoms with E-state index in [1.807, 2.05) is 60.5 Å². The van der Waals surface area contributed by atoms with Crippen molar-refractivity contribution < 1.29 is 19.0 Å². The van der Waals surface area contributed by atoms with Gasteiger partial charge in [-0.3, -0.25) is 4.79 Å². The number of rotatable bonds is 7. The zero-order valence-corrected chi connectivity index (χ0v) is 21.6. The fraction of sp³-hybridized carbons (Fsp3) is 0.250. The first-order valence-electron chi connectivity index (χ1n) is 11.9. The van der Waals surface area contributed by atoms with Gasteiger partial charge in [-0.05, 0) is 54.4 Å². The number of carbonyl (C=O) groups excluding carboxylic acids is 1. The molecular weight excluding hydrogens is 492 g/mol. The minimum absolute atomic E-state index is 0.0531. The number of amides is 1. The van der Waals surface area contributed by atoms with E-state index in [4.69, 9.17) is 25.8 Å². The largest absolute Gasteiger partial charge is 0.497 e. The van der Waals surface area contributed by atoms with Crippen LogP contribution < -0.4 is 24.4 Å². The van der Waals surface area contributed by atoms with E-state index in [2.05, 4.69) is 15.5 Å². The molecule has 0 bridgehead atoms. The maximum absolute atomic E-state index is 11.5. The molecule has 190 valence electrons. The molecule has 9 heteroatoms. The Morgan fingerprint density at radius 3 is 2.62 bits per heavy atom. The van der Waals surface area contributed by atoms with Crippen LogP contribution in [0, 0.1) is 0 Å². The molecule has 2 heterocycles. The second-order valence-electron chi connectivity index (χ2n) is 8.78. The van der Waals surface area contributed by atoms with E-state index >= 15 is 0 Å². The maximum atomic E-state index is 11.5. The second kappa shape index (κ2) is 10.5. The summed E-state index contributed by atoms with van der Waals surface area (Å²) >= 11 is 6.36. The van der Waals surface area contributed by atoms with Gasteiger partial charge in [-0.25, -0.2) is 0 Å². The molecule has 8 nitrogen and oxygen atoms in total. The summed E-state index contributed by atoms with van der Waals surface area (Å²) in [6.07, 6.45) is 2.75. The number of carbonyl (C=O) groups is 1. The van der Waals surface area contributed by atoms with E-state index in [9.17, 15) is 4.79 Å². The van der Waals surface area contributed by atoms with Crippen molar-refractivity contribution in [2.24, 2.45) is 0 Å². The molecule has 0 radical (unpaired) electrons. The lowest BCUT2D eigenvalue weighted by molar-refractivity contribution is -0.123. The van der Waals surface area contributed by atoms with Crippen molar-refractivity contribution in [3.05, 3.63) is 65.8 Å². The third-order valence-electron chi connectivity index (χ3n) is 6.50. The molecule has 1 fully saturated rings. The summed E-state index contributed by atoms with van der Waals surface area (Å²) in [6, 6.07) is 17.3. The van der Waals surface area contributed by atoms with Gasteiger partial charge in [0.15, 0.2) is 0 Å². The van der Waals surface area contributed by atoms with Crippen LogP contribution in [0.2, 0.25) is 5.02 Å². The van der Waals surface area contributed by atoms with Gasteiger partial charge in [-0.2, -0.15) is 10.2 Å². The number of methoxy groups -OCH3 is 2. The van der Waals surface area contributed by atoms with Crippen molar-refractivity contribution in [3.63, 3.8) is 0 Å². The van der Waals surface area contributed by atoms with Crippen molar-refractivity contribution in [1.82, 2.24) is 15.5 Å². The molecule has 1 aliphatic rings. The molecule has 1 atom stereocenters. The first-order valence-corrected chi connectivity index (χ1v) is 12.3. The lowest BCUT2D eigenvalue weighted by Crippen LogP contribution is -2.40. The van der Waals surface area contributed by atoms with Gasteiger partial charge < -0.3 is 24.4 Å². The molecule has 5 rings (SSSR count). The molecular formula is C28H27ClN4O4. The Kier molecular flexibility index (Phi) is 7.01. The van der Waals surface area contributed by atoms with Crippen LogP contribution in [-0.4, -0.2) is 50.0 Å². The smallest absolute Gasteiger partial charge is 0.220 e. The average molecular weight is 519 g/mol. The van der Waals surface area contributed by atoms with Gasteiger partial charge in [0, 0.05) is 35.5 Å². The van der Waals surface area contributed by atoms with Crippen LogP contribution in [0.15, 0.2) is 60.8 Å². The fourth-order valence-corrected chi connectivity index (χ4v) is 4.67. The molecule has 1 amide bonds. The van der Waals surface area contributed by atoms with E-state index in [-0.39, 0.29) is 12.0 Å². The van der Waals surface area contributed by atoms with Crippen molar-refractivity contribution in [3.8, 4) is 28.4 Å². The third kappa shape index (κ3) is 5.11. The highest BCUT2D eigenvalue weighted by Crippen LogP contribution is 2.39. The summed E-state index contributed by atoms with van der Waals surface area (Å²) in [5, 5.41) is 13.1. The van der Waals surface area contributed by atoms with E-state index in [1.54, 1.807) is 26.5 Å². The topological polar surface area (TPSA) is 85.8 Å². The Morgan fingerprint density at radius 2 is 1.86 bits per heavy atom. The fourth-order valence-electron chi connectivity index (χ4n) is 4.49. The minimum atomic E-state index is -0.0994. The van der Waals surface area contributed by atoms with Crippen LogP contribution in [0.25, 0.3) is 22.0 Å². The van der Waals surface area contributed by atoms with E-state index < -0.39 is 0 Å². The van der Waals surface area contributed by atoms with Crippen LogP contribution in [-0.2, 0) is 4.79 Å². The van der Waals surface area contributed by atoms with Gasteiger partial charge in [0.25, 0.3) is 0 Å². The zero-order valence-electron chi connectivity index (χ0n) is 20.8. The van der Waals surface area contributed by atoms with E-state index in [1.165, 1.54) is 0 Å². The molecule has 37 heavy (non-hydrogen) atoms. The number of nitrogens with zero attached hydrogens (tertiary/aromatic N) is 3. The van der Waals surface area contributed by atoms with Gasteiger partial charge in [0.05, 0.1) is 43.9 Å². The monoisotopic (exact) mass is 518 g/mol. The molecule has 3 aromatic carbocycles. The summed E-state index contributed by atoms with van der Waals surface area (Å²) in [5.41, 5.74) is 4.22. The number of anilines is 2. The standard InChI is InChI=1S/C28H27ClN4O4/c1-33(24-9-6-19(35-2)14-27(24)36-3)25-16-31-32-23-12-17(4-8-21(23)25)22-13-18(29)5-10-26(22)37-20-7-11-28(34)30-15-20/h4-6,8-10,12-14,16,20H,7,11,15H2,1-3H3,(H,30,34). The van der Waals surface area contributed by atoms with Crippen molar-refractivity contribution in [2.45, 2.75) is 18.9 Å². The van der Waals surface area contributed by atoms with Crippen molar-refractivity contribution in [1.29, 1.82) is 0 Å². The number of hydrogen-bond acceptors (Lipinski definition) is 7. The van der Waals surface area contributed by atoms with Crippen molar-refractivity contribution >= 4 is 39.8 Å². The molecule has 0 spiro atoms. The molecule has 1 unspecified atom stereocenters. The highest BCUT2D eigenvalue weighted by atomic mass is 35.5. The zero-order chi connectivity index (χ0) is 25.9. The number of aromatic nitrogens is 2. The Balaban J connectivity index is 1.51. The predicted molar refractivity (Wildman–Crippen MR) is 144 cm³/mol. The van der Waals surface area contributed by atoms with Gasteiger partial charge in [0.1, 0.15) is 23.4 Å². The number of hydrogen-bond donors (Lipinski definition) is 1. The molecule has 0 aliphatic carbocycles. The molecule has 4 aromatic rings. The number of piperidine rings is 1. The Labute approximate surface area is 220 Å². The summed E-state index contributed by atoms with van der Waals surface area (Å²) in [4.78, 5) is 13.6. The number of fused-ring (bicyclic) bond motifs is 1. The lowest BCUT2D eigenvalue weighted by Gasteiger charge is -2.25. The first-order chi connectivity index (χ1) is 18.0. The number of ether oxygens (including phenoxy) is 3. The van der Waals surface area contributed by atoms with Gasteiger partial charge in [-0.1, -0.05) is 17.7 Å². The molecule has 1 aliphatic heterocycles. The number of nitrogens with one attached hydrogen (secondary N) is 1. The summed E-state index contributed by atoms with van der Waals surface area (Å²) in [5.74, 6) is 2.15. The van der Waals surface area contributed by atoms with Crippen LogP contribution in [0.4, 0.5) is 11.4 Å². The SMILES string of the molecule is COc1ccc(N(C)c2cnnc3cc(-c4cc(Cl)ccc4OC4CCC(=O)NC4)ccc23)c(OC)c1. The van der Waals surface area contributed by atoms with Crippen LogP contribution >= 0.6 is 11.6 Å². The summed E-state index contributed by atoms with van der Waals surface area (Å²) < 4.78 is 17.2. The maximum Gasteiger partial charge on any atom is 0.220 e. The van der Waals surface area contributed by atoms with E-state index in [0.29, 0.717) is 41.7 Å². The number of halogens is 1. The normalized spacial score (nSPS) is 15.2.